The number of β-lactam (4-membered cyclic amide) rings is 1. The summed E-state index contributed by atoms with van der Waals surface area (Å²) in [6, 6.07) is -0.916. The van der Waals surface area contributed by atoms with Crippen molar-refractivity contribution in [3.8, 4) is 0 Å². The first-order valence-corrected chi connectivity index (χ1v) is 9.46. The van der Waals surface area contributed by atoms with Gasteiger partial charge in [-0.1, -0.05) is 17.8 Å². The maximum absolute atomic E-state index is 12.6. The van der Waals surface area contributed by atoms with Gasteiger partial charge in [0, 0.05) is 11.1 Å². The van der Waals surface area contributed by atoms with E-state index in [-0.39, 0.29) is 51.8 Å². The van der Waals surface area contributed by atoms with Gasteiger partial charge in [-0.15, -0.1) is 23.1 Å². The van der Waals surface area contributed by atoms with Crippen molar-refractivity contribution in [2.45, 2.75) is 11.4 Å². The normalized spacial score (nSPS) is 21.2. The first-order chi connectivity index (χ1) is 12.9. The number of carbonyl (C=O) groups excluding carboxylic acids is 3. The van der Waals surface area contributed by atoms with Crippen molar-refractivity contribution in [1.82, 2.24) is 15.2 Å². The van der Waals surface area contributed by atoms with Gasteiger partial charge in [0.25, 0.3) is 11.8 Å². The fourth-order valence-corrected chi connectivity index (χ4v) is 4.58. The molecule has 0 saturated carbocycles. The maximum atomic E-state index is 12.6. The summed E-state index contributed by atoms with van der Waals surface area (Å²) in [5.41, 5.74) is 5.82. The van der Waals surface area contributed by atoms with E-state index < -0.39 is 29.2 Å². The number of amides is 2. The number of fused-ring (bicyclic) bond motifs is 1. The molecule has 3 heterocycles. The molecule has 3 rings (SSSR count). The van der Waals surface area contributed by atoms with Crippen molar-refractivity contribution >= 4 is 51.7 Å². The fourth-order valence-electron chi connectivity index (χ4n) is 2.69. The number of carbonyl (C=O) groups is 3. The second-order valence-electron chi connectivity index (χ2n) is 5.42. The number of thiazole rings is 1. The Morgan fingerprint density at radius 2 is 2.29 bits per heavy atom. The molecule has 0 aromatic carbocycles. The number of nitrogens with two attached hydrogens (primary N) is 1. The minimum absolute atomic E-state index is 0. The van der Waals surface area contributed by atoms with Crippen molar-refractivity contribution in [3.63, 3.8) is 0 Å². The van der Waals surface area contributed by atoms with Gasteiger partial charge in [-0.05, 0) is 5.57 Å². The molecule has 0 bridgehead atoms. The van der Waals surface area contributed by atoms with Crippen LogP contribution >= 0.6 is 23.1 Å². The first kappa shape index (κ1) is 22.4. The van der Waals surface area contributed by atoms with Gasteiger partial charge < -0.3 is 25.8 Å². The van der Waals surface area contributed by atoms with E-state index >= 15 is 0 Å². The van der Waals surface area contributed by atoms with Gasteiger partial charge >= 0.3 is 29.6 Å². The van der Waals surface area contributed by atoms with Gasteiger partial charge in [0.05, 0.1) is 11.7 Å². The summed E-state index contributed by atoms with van der Waals surface area (Å²) in [7, 11) is 1.27. The van der Waals surface area contributed by atoms with Crippen molar-refractivity contribution in [3.05, 3.63) is 35.0 Å². The number of allylic oxidation sites excluding steroid dienone is 1. The predicted octanol–water partition coefficient (Wildman–Crippen LogP) is -4.33. The zero-order valence-corrected chi connectivity index (χ0v) is 18.6. The first-order valence-electron chi connectivity index (χ1n) is 7.54. The Labute approximate surface area is 190 Å². The average molecular weight is 431 g/mol. The van der Waals surface area contributed by atoms with Crippen molar-refractivity contribution in [2.75, 3.05) is 18.6 Å². The third-order valence-electron chi connectivity index (χ3n) is 3.89. The van der Waals surface area contributed by atoms with Gasteiger partial charge in [0.15, 0.2) is 10.8 Å². The monoisotopic (exact) mass is 431 g/mol. The van der Waals surface area contributed by atoms with Crippen LogP contribution in [0.4, 0.5) is 5.13 Å². The number of anilines is 1. The van der Waals surface area contributed by atoms with Gasteiger partial charge in [-0.3, -0.25) is 14.5 Å². The SMILES string of the molecule is C=CC1=C(C(=O)[O-])N2C(=O)[C@@H](NC(=O)/C(=N\OC)c3csc(N)n3)[C@H]2SC1.[Na+]. The van der Waals surface area contributed by atoms with E-state index in [0.717, 1.165) is 16.2 Å². The van der Waals surface area contributed by atoms with Crippen molar-refractivity contribution in [2.24, 2.45) is 5.16 Å². The summed E-state index contributed by atoms with van der Waals surface area (Å²) >= 11 is 2.43. The number of carboxylic acids is 1. The molecule has 0 radical (unpaired) electrons. The Morgan fingerprint density at radius 3 is 2.82 bits per heavy atom. The number of aromatic nitrogens is 1. The molecule has 3 N–H and O–H groups in total. The van der Waals surface area contributed by atoms with Gasteiger partial charge in [-0.25, -0.2) is 4.98 Å². The van der Waals surface area contributed by atoms with E-state index in [1.54, 1.807) is 0 Å². The third kappa shape index (κ3) is 3.96. The van der Waals surface area contributed by atoms with Crippen LogP contribution in [0.2, 0.25) is 0 Å². The number of nitrogens with one attached hydrogen (secondary N) is 1. The number of thioether (sulfide) groups is 1. The molecule has 1 fully saturated rings. The number of aliphatic carboxylic acids is 1. The molecular weight excluding hydrogens is 417 g/mol. The predicted molar refractivity (Wildman–Crippen MR) is 97.3 cm³/mol. The van der Waals surface area contributed by atoms with Crippen molar-refractivity contribution < 1.29 is 53.9 Å². The molecule has 2 aliphatic heterocycles. The molecule has 1 aromatic heterocycles. The van der Waals surface area contributed by atoms with Crippen molar-refractivity contribution in [1.29, 1.82) is 0 Å². The Balaban J connectivity index is 0.00000280. The second kappa shape index (κ2) is 9.09. The molecule has 0 unspecified atom stereocenters. The number of oxime groups is 1. The maximum Gasteiger partial charge on any atom is 1.00 e. The number of hydrogen-bond donors (Lipinski definition) is 2. The number of carboxylic acid groups (broad SMARTS) is 1. The van der Waals surface area contributed by atoms with Gasteiger partial charge in [-0.2, -0.15) is 0 Å². The summed E-state index contributed by atoms with van der Waals surface area (Å²) in [5, 5.41) is 18.8. The van der Waals surface area contributed by atoms with Crippen LogP contribution in [0.3, 0.4) is 0 Å². The van der Waals surface area contributed by atoms with E-state index in [9.17, 15) is 19.5 Å². The molecule has 2 amide bonds. The molecule has 10 nitrogen and oxygen atoms in total. The standard InChI is InChI=1S/C15H15N5O5S2.Na/c1-3-6-4-26-13-9(12(22)20(13)10(6)14(23)24)18-11(21)8(19-25-2)7-5-27-15(16)17-7;/h3,5,9,13H,1,4H2,2H3,(H2,16,17)(H,18,21)(H,23,24);/q;+1/p-1/b19-8-;/t9-,13-;/m1./s1. The van der Waals surface area contributed by atoms with Gasteiger partial charge in [0.2, 0.25) is 0 Å². The number of hydrogen-bond acceptors (Lipinski definition) is 10. The Bertz CT molecular complexity index is 899. The third-order valence-corrected chi connectivity index (χ3v) is 5.86. The summed E-state index contributed by atoms with van der Waals surface area (Å²) in [6.07, 6.45) is 1.38. The average Bonchev–Trinajstić information content (AvgIpc) is 3.08. The zero-order valence-electron chi connectivity index (χ0n) is 15.0. The van der Waals surface area contributed by atoms with E-state index in [4.69, 9.17) is 5.73 Å². The molecular formula is C15H14N5NaO5S2. The Kier molecular flexibility index (Phi) is 7.28. The number of rotatable bonds is 6. The molecule has 2 aliphatic rings. The molecule has 28 heavy (non-hydrogen) atoms. The molecule has 1 saturated heterocycles. The van der Waals surface area contributed by atoms with E-state index in [2.05, 4.69) is 26.9 Å². The summed E-state index contributed by atoms with van der Waals surface area (Å²) in [5.74, 6) is -2.38. The summed E-state index contributed by atoms with van der Waals surface area (Å²) in [4.78, 5) is 46.2. The molecule has 13 heteroatoms. The van der Waals surface area contributed by atoms with Crippen LogP contribution in [0.5, 0.6) is 0 Å². The molecule has 1 aromatic rings. The Morgan fingerprint density at radius 1 is 1.57 bits per heavy atom. The Hall–Kier alpha value is -1.86. The van der Waals surface area contributed by atoms with Gasteiger partial charge in [0.1, 0.15) is 24.2 Å². The molecule has 142 valence electrons. The second-order valence-corrected chi connectivity index (χ2v) is 7.41. The topological polar surface area (TPSA) is 150 Å². The van der Waals surface area contributed by atoms with Crippen LogP contribution in [-0.2, 0) is 19.2 Å². The van der Waals surface area contributed by atoms with Crippen LogP contribution in [0.15, 0.2) is 34.5 Å². The summed E-state index contributed by atoms with van der Waals surface area (Å²) in [6.45, 7) is 3.56. The molecule has 2 atom stereocenters. The minimum Gasteiger partial charge on any atom is -0.543 e. The molecule has 0 aliphatic carbocycles. The quantitative estimate of drug-likeness (QED) is 0.199. The van der Waals surface area contributed by atoms with E-state index in [1.807, 2.05) is 0 Å². The smallest absolute Gasteiger partial charge is 0.543 e. The number of nitrogen functional groups attached to an aromatic ring is 1. The van der Waals surface area contributed by atoms with Crippen LogP contribution in [0.1, 0.15) is 5.69 Å². The number of nitrogens with zero attached hydrogens (tertiary/aromatic N) is 3. The van der Waals surface area contributed by atoms with E-state index in [1.165, 1.54) is 30.3 Å². The zero-order chi connectivity index (χ0) is 19.7. The van der Waals surface area contributed by atoms with Crippen LogP contribution in [0, 0.1) is 0 Å². The van der Waals surface area contributed by atoms with E-state index in [0.29, 0.717) is 11.3 Å². The van der Waals surface area contributed by atoms with Crippen LogP contribution in [-0.4, -0.2) is 57.7 Å². The summed E-state index contributed by atoms with van der Waals surface area (Å²) < 4.78 is 0. The minimum atomic E-state index is -1.46. The largest absolute Gasteiger partial charge is 1.00 e. The molecule has 0 spiro atoms. The fraction of sp³-hybridized carbons (Fsp3) is 0.267. The van der Waals surface area contributed by atoms with Crippen LogP contribution in [0.25, 0.3) is 0 Å². The van der Waals surface area contributed by atoms with Crippen LogP contribution < -0.4 is 45.7 Å².